The molecule has 0 amide bonds. The van der Waals surface area contributed by atoms with Gasteiger partial charge in [0.25, 0.3) is 0 Å². The normalized spacial score (nSPS) is 22.0. The van der Waals surface area contributed by atoms with Crippen molar-refractivity contribution < 1.29 is 4.74 Å². The third kappa shape index (κ3) is 3.86. The Morgan fingerprint density at radius 2 is 2.13 bits per heavy atom. The van der Waals surface area contributed by atoms with Gasteiger partial charge in [0.15, 0.2) is 0 Å². The van der Waals surface area contributed by atoms with Crippen molar-refractivity contribution in [3.8, 4) is 0 Å². The molecule has 1 aliphatic carbocycles. The molecule has 0 aromatic carbocycles. The van der Waals surface area contributed by atoms with Crippen LogP contribution in [0, 0.1) is 5.92 Å². The van der Waals surface area contributed by atoms with Crippen LogP contribution in [0.3, 0.4) is 0 Å². The second-order valence-corrected chi connectivity index (χ2v) is 6.37. The number of hydrogen-bond acceptors (Lipinski definition) is 5. The van der Waals surface area contributed by atoms with Gasteiger partial charge in [0, 0.05) is 25.8 Å². The van der Waals surface area contributed by atoms with Crippen molar-refractivity contribution in [1.29, 1.82) is 0 Å². The number of anilines is 2. The lowest BCUT2D eigenvalue weighted by atomic mass is 10.1. The summed E-state index contributed by atoms with van der Waals surface area (Å²) in [5.41, 5.74) is 1.95. The zero-order valence-electron chi connectivity index (χ0n) is 13.2. The van der Waals surface area contributed by atoms with E-state index < -0.39 is 0 Å². The number of morpholine rings is 1. The van der Waals surface area contributed by atoms with E-state index in [1.54, 1.807) is 6.20 Å². The number of rotatable bonds is 5. The fourth-order valence-corrected chi connectivity index (χ4v) is 2.97. The van der Waals surface area contributed by atoms with Crippen molar-refractivity contribution in [2.24, 2.45) is 5.92 Å². The van der Waals surface area contributed by atoms with Crippen molar-refractivity contribution in [3.05, 3.63) is 48.4 Å². The van der Waals surface area contributed by atoms with Crippen LogP contribution >= 0.6 is 0 Å². The highest BCUT2D eigenvalue weighted by Crippen LogP contribution is 2.31. The molecule has 0 spiro atoms. The first-order chi connectivity index (χ1) is 11.4. The van der Waals surface area contributed by atoms with Crippen LogP contribution in [0.25, 0.3) is 0 Å². The molecular formula is C18H22N4O. The van der Waals surface area contributed by atoms with Crippen LogP contribution < -0.4 is 5.32 Å². The Hall–Kier alpha value is -1.98. The molecule has 2 aromatic heterocycles. The van der Waals surface area contributed by atoms with Crippen molar-refractivity contribution in [3.63, 3.8) is 0 Å². The van der Waals surface area contributed by atoms with Crippen LogP contribution in [0.15, 0.2) is 42.7 Å². The van der Waals surface area contributed by atoms with Crippen LogP contribution in [0.2, 0.25) is 0 Å². The molecule has 2 aliphatic rings. The molecule has 1 unspecified atom stereocenters. The SMILES string of the molecule is c1ccc(Nc2ccc(C3CN(CC4CC4)CCO3)nc2)nc1. The van der Waals surface area contributed by atoms with Crippen molar-refractivity contribution in [2.75, 3.05) is 31.6 Å². The Balaban J connectivity index is 1.39. The molecule has 0 bridgehead atoms. The number of pyridine rings is 2. The van der Waals surface area contributed by atoms with Gasteiger partial charge in [0.1, 0.15) is 11.9 Å². The van der Waals surface area contributed by atoms with E-state index in [0.29, 0.717) is 0 Å². The summed E-state index contributed by atoms with van der Waals surface area (Å²) >= 11 is 0. The smallest absolute Gasteiger partial charge is 0.130 e. The number of hydrogen-bond donors (Lipinski definition) is 1. The molecule has 1 N–H and O–H groups in total. The summed E-state index contributed by atoms with van der Waals surface area (Å²) in [7, 11) is 0. The minimum absolute atomic E-state index is 0.0893. The van der Waals surface area contributed by atoms with E-state index in [0.717, 1.165) is 42.8 Å². The summed E-state index contributed by atoms with van der Waals surface area (Å²) in [4.78, 5) is 11.4. The molecule has 5 heteroatoms. The Labute approximate surface area is 136 Å². The van der Waals surface area contributed by atoms with E-state index >= 15 is 0 Å². The molecule has 1 atom stereocenters. The van der Waals surface area contributed by atoms with Crippen LogP contribution in [0.1, 0.15) is 24.6 Å². The predicted molar refractivity (Wildman–Crippen MR) is 89.6 cm³/mol. The van der Waals surface area contributed by atoms with Gasteiger partial charge in [0.05, 0.1) is 24.2 Å². The van der Waals surface area contributed by atoms with Gasteiger partial charge in [-0.2, -0.15) is 0 Å². The zero-order chi connectivity index (χ0) is 15.5. The van der Waals surface area contributed by atoms with Gasteiger partial charge in [-0.1, -0.05) is 6.07 Å². The zero-order valence-corrected chi connectivity index (χ0v) is 13.2. The molecule has 2 aromatic rings. The number of ether oxygens (including phenoxy) is 1. The van der Waals surface area contributed by atoms with E-state index in [2.05, 4.69) is 26.3 Å². The second kappa shape index (κ2) is 6.64. The monoisotopic (exact) mass is 310 g/mol. The van der Waals surface area contributed by atoms with E-state index in [1.807, 2.05) is 30.5 Å². The van der Waals surface area contributed by atoms with Gasteiger partial charge < -0.3 is 10.1 Å². The van der Waals surface area contributed by atoms with Gasteiger partial charge in [0.2, 0.25) is 0 Å². The Kier molecular flexibility index (Phi) is 4.22. The highest BCUT2D eigenvalue weighted by molar-refractivity contribution is 5.54. The molecule has 23 heavy (non-hydrogen) atoms. The molecule has 1 saturated carbocycles. The van der Waals surface area contributed by atoms with Gasteiger partial charge in [-0.05, 0) is 43.0 Å². The highest BCUT2D eigenvalue weighted by Gasteiger charge is 2.28. The molecule has 2 fully saturated rings. The third-order valence-corrected chi connectivity index (χ3v) is 4.42. The Morgan fingerprint density at radius 1 is 1.17 bits per heavy atom. The second-order valence-electron chi connectivity index (χ2n) is 6.37. The standard InChI is InChI=1S/C18H22N4O/c1-2-8-19-18(3-1)21-15-6-7-16(20-11-15)17-13-22(9-10-23-17)12-14-4-5-14/h1-3,6-8,11,14,17H,4-5,9-10,12-13H2,(H,19,21). The first-order valence-electron chi connectivity index (χ1n) is 8.35. The Morgan fingerprint density at radius 3 is 2.87 bits per heavy atom. The van der Waals surface area contributed by atoms with E-state index in [1.165, 1.54) is 19.4 Å². The summed E-state index contributed by atoms with van der Waals surface area (Å²) < 4.78 is 5.92. The lowest BCUT2D eigenvalue weighted by molar-refractivity contribution is -0.0333. The number of nitrogens with zero attached hydrogens (tertiary/aromatic N) is 3. The van der Waals surface area contributed by atoms with E-state index in [4.69, 9.17) is 4.74 Å². The topological polar surface area (TPSA) is 50.3 Å². The first kappa shape index (κ1) is 14.6. The maximum atomic E-state index is 5.92. The van der Waals surface area contributed by atoms with E-state index in [-0.39, 0.29) is 6.10 Å². The Bertz CT molecular complexity index is 627. The first-order valence-corrected chi connectivity index (χ1v) is 8.35. The van der Waals surface area contributed by atoms with Gasteiger partial charge >= 0.3 is 0 Å². The van der Waals surface area contributed by atoms with Crippen LogP contribution in [0.4, 0.5) is 11.5 Å². The van der Waals surface area contributed by atoms with Crippen LogP contribution in [0.5, 0.6) is 0 Å². The van der Waals surface area contributed by atoms with Crippen molar-refractivity contribution in [1.82, 2.24) is 14.9 Å². The van der Waals surface area contributed by atoms with Crippen LogP contribution in [-0.2, 0) is 4.74 Å². The average molecular weight is 310 g/mol. The minimum atomic E-state index is 0.0893. The van der Waals surface area contributed by atoms with Crippen LogP contribution in [-0.4, -0.2) is 41.1 Å². The lowest BCUT2D eigenvalue weighted by Gasteiger charge is -2.32. The summed E-state index contributed by atoms with van der Waals surface area (Å²) in [5, 5.41) is 3.25. The molecule has 1 saturated heterocycles. The van der Waals surface area contributed by atoms with E-state index in [9.17, 15) is 0 Å². The van der Waals surface area contributed by atoms with Gasteiger partial charge in [-0.3, -0.25) is 9.88 Å². The predicted octanol–water partition coefficient (Wildman–Crippen LogP) is 3.00. The maximum Gasteiger partial charge on any atom is 0.130 e. The lowest BCUT2D eigenvalue weighted by Crippen LogP contribution is -2.39. The molecule has 5 nitrogen and oxygen atoms in total. The largest absolute Gasteiger partial charge is 0.369 e. The average Bonchev–Trinajstić information content (AvgIpc) is 3.41. The molecule has 1 aliphatic heterocycles. The fraction of sp³-hybridized carbons (Fsp3) is 0.444. The molecule has 120 valence electrons. The minimum Gasteiger partial charge on any atom is -0.369 e. The number of nitrogens with one attached hydrogen (secondary N) is 1. The van der Waals surface area contributed by atoms with Crippen molar-refractivity contribution in [2.45, 2.75) is 18.9 Å². The quantitative estimate of drug-likeness (QED) is 0.920. The van der Waals surface area contributed by atoms with Gasteiger partial charge in [-0.15, -0.1) is 0 Å². The third-order valence-electron chi connectivity index (χ3n) is 4.42. The number of aromatic nitrogens is 2. The summed E-state index contributed by atoms with van der Waals surface area (Å²) in [6.45, 7) is 4.02. The molecule has 0 radical (unpaired) electrons. The molecular weight excluding hydrogens is 288 g/mol. The molecule has 4 rings (SSSR count). The van der Waals surface area contributed by atoms with Gasteiger partial charge in [-0.25, -0.2) is 4.98 Å². The maximum absolute atomic E-state index is 5.92. The fourth-order valence-electron chi connectivity index (χ4n) is 2.97. The molecule has 3 heterocycles. The highest BCUT2D eigenvalue weighted by atomic mass is 16.5. The summed E-state index contributed by atoms with van der Waals surface area (Å²) in [6, 6.07) is 9.90. The summed E-state index contributed by atoms with van der Waals surface area (Å²) in [6.07, 6.45) is 6.51. The summed E-state index contributed by atoms with van der Waals surface area (Å²) in [5.74, 6) is 1.75. The van der Waals surface area contributed by atoms with Crippen molar-refractivity contribution >= 4 is 11.5 Å².